The summed E-state index contributed by atoms with van der Waals surface area (Å²) in [7, 11) is -1.91. The number of aromatic amines is 1. The van der Waals surface area contributed by atoms with Crippen LogP contribution in [-0.4, -0.2) is 32.7 Å². The van der Waals surface area contributed by atoms with Gasteiger partial charge in [-0.15, -0.1) is 0 Å². The number of pyridine rings is 1. The average molecular weight is 484 g/mol. The molecular weight excluding hydrogens is 454 g/mol. The van der Waals surface area contributed by atoms with Gasteiger partial charge in [-0.05, 0) is 65.9 Å². The molecule has 1 amide bonds. The minimum absolute atomic E-state index is 0.241. The monoisotopic (exact) mass is 483 g/mol. The summed E-state index contributed by atoms with van der Waals surface area (Å²) in [5.41, 5.74) is 3.14. The number of nitrogens with one attached hydrogen (secondary N) is 3. The number of aryl methyl sites for hydroxylation is 1. The number of hydrogen-bond acceptors (Lipinski definition) is 5. The van der Waals surface area contributed by atoms with E-state index in [4.69, 9.17) is 4.74 Å². The highest BCUT2D eigenvalue weighted by atomic mass is 32.2. The van der Waals surface area contributed by atoms with Crippen molar-refractivity contribution >= 4 is 27.3 Å². The van der Waals surface area contributed by atoms with E-state index in [-0.39, 0.29) is 11.0 Å². The lowest BCUT2D eigenvalue weighted by Crippen LogP contribution is -2.18. The number of rotatable bonds is 6. The van der Waals surface area contributed by atoms with Gasteiger partial charge in [0.05, 0.1) is 24.7 Å². The smallest absolute Gasteiger partial charge is 0.255 e. The molecule has 3 rings (SSSR count). The van der Waals surface area contributed by atoms with Crippen molar-refractivity contribution in [2.75, 3.05) is 23.4 Å². The third-order valence-electron chi connectivity index (χ3n) is 5.26. The van der Waals surface area contributed by atoms with Crippen LogP contribution in [0, 0.1) is 6.92 Å². The van der Waals surface area contributed by atoms with Crippen LogP contribution in [0.25, 0.3) is 11.1 Å². The maximum Gasteiger partial charge on any atom is 0.255 e. The quantitative estimate of drug-likeness (QED) is 0.484. The number of methoxy groups -OCH3 is 1. The molecule has 0 radical (unpaired) electrons. The summed E-state index contributed by atoms with van der Waals surface area (Å²) in [6.45, 7) is 7.77. The van der Waals surface area contributed by atoms with E-state index in [0.29, 0.717) is 39.4 Å². The third kappa shape index (κ3) is 5.66. The zero-order valence-corrected chi connectivity index (χ0v) is 20.9. The Bertz CT molecular complexity index is 1400. The molecule has 0 saturated carbocycles. The highest BCUT2D eigenvalue weighted by Crippen LogP contribution is 2.40. The first-order chi connectivity index (χ1) is 15.8. The van der Waals surface area contributed by atoms with Crippen molar-refractivity contribution in [3.05, 3.63) is 75.7 Å². The molecule has 0 aliphatic heterocycles. The normalized spacial score (nSPS) is 11.7. The van der Waals surface area contributed by atoms with Crippen LogP contribution in [0.5, 0.6) is 5.75 Å². The number of aromatic nitrogens is 1. The van der Waals surface area contributed by atoms with E-state index in [0.717, 1.165) is 11.8 Å². The summed E-state index contributed by atoms with van der Waals surface area (Å²) in [6, 6.07) is 11.8. The predicted molar refractivity (Wildman–Crippen MR) is 135 cm³/mol. The van der Waals surface area contributed by atoms with Crippen LogP contribution < -0.4 is 20.3 Å². The topological polar surface area (TPSA) is 117 Å². The highest BCUT2D eigenvalue weighted by Gasteiger charge is 2.24. The molecule has 34 heavy (non-hydrogen) atoms. The molecule has 0 unspecified atom stereocenters. The lowest BCUT2D eigenvalue weighted by molar-refractivity contribution is 0.102. The first-order valence-electron chi connectivity index (χ1n) is 10.6. The summed E-state index contributed by atoms with van der Waals surface area (Å²) in [5.74, 6) is 0.107. The van der Waals surface area contributed by atoms with E-state index in [1.54, 1.807) is 49.5 Å². The van der Waals surface area contributed by atoms with Gasteiger partial charge in [-0.2, -0.15) is 0 Å². The Hall–Kier alpha value is -3.59. The Labute approximate surface area is 199 Å². The molecule has 0 aliphatic carbocycles. The summed E-state index contributed by atoms with van der Waals surface area (Å²) in [4.78, 5) is 28.2. The lowest BCUT2D eigenvalue weighted by atomic mass is 9.84. The van der Waals surface area contributed by atoms with Gasteiger partial charge in [0, 0.05) is 22.9 Å². The van der Waals surface area contributed by atoms with E-state index >= 15 is 0 Å². The zero-order valence-electron chi connectivity index (χ0n) is 20.1. The molecule has 0 atom stereocenters. The number of amides is 1. The van der Waals surface area contributed by atoms with Gasteiger partial charge in [0.2, 0.25) is 10.0 Å². The second-order valence-electron chi connectivity index (χ2n) is 9.13. The largest absolute Gasteiger partial charge is 0.494 e. The number of carbonyl (C=O) groups excluding carboxylic acids is 1. The Morgan fingerprint density at radius 3 is 2.32 bits per heavy atom. The molecule has 3 aromatic rings. The molecule has 180 valence electrons. The van der Waals surface area contributed by atoms with E-state index in [1.165, 1.54) is 7.11 Å². The fourth-order valence-electron chi connectivity index (χ4n) is 3.62. The summed E-state index contributed by atoms with van der Waals surface area (Å²) in [6.07, 6.45) is 2.63. The lowest BCUT2D eigenvalue weighted by Gasteiger charge is -2.25. The van der Waals surface area contributed by atoms with E-state index < -0.39 is 15.9 Å². The van der Waals surface area contributed by atoms with Crippen LogP contribution in [0.3, 0.4) is 0 Å². The molecule has 3 N–H and O–H groups in total. The molecule has 1 heterocycles. The van der Waals surface area contributed by atoms with Crippen molar-refractivity contribution in [3.63, 3.8) is 0 Å². The van der Waals surface area contributed by atoms with Crippen molar-refractivity contribution in [1.82, 2.24) is 4.98 Å². The zero-order chi connectivity index (χ0) is 25.3. The SMILES string of the molecule is COc1c(NC(=O)c2ccc(NS(C)(=O)=O)c(C)c2)cc(-c2ccc[nH]c2=O)cc1C(C)(C)C. The van der Waals surface area contributed by atoms with Crippen LogP contribution in [0.1, 0.15) is 42.3 Å². The molecule has 0 bridgehead atoms. The van der Waals surface area contributed by atoms with Gasteiger partial charge in [-0.3, -0.25) is 14.3 Å². The Balaban J connectivity index is 2.07. The Kier molecular flexibility index (Phi) is 6.88. The van der Waals surface area contributed by atoms with E-state index in [1.807, 2.05) is 26.8 Å². The molecule has 0 fully saturated rings. The van der Waals surface area contributed by atoms with Crippen molar-refractivity contribution < 1.29 is 17.9 Å². The van der Waals surface area contributed by atoms with Gasteiger partial charge in [0.15, 0.2) is 0 Å². The van der Waals surface area contributed by atoms with Crippen LogP contribution in [-0.2, 0) is 15.4 Å². The van der Waals surface area contributed by atoms with Gasteiger partial charge in [-0.1, -0.05) is 20.8 Å². The molecule has 2 aromatic carbocycles. The maximum atomic E-state index is 13.1. The van der Waals surface area contributed by atoms with Gasteiger partial charge < -0.3 is 15.0 Å². The van der Waals surface area contributed by atoms with Crippen LogP contribution >= 0.6 is 0 Å². The van der Waals surface area contributed by atoms with Crippen molar-refractivity contribution in [3.8, 4) is 16.9 Å². The van der Waals surface area contributed by atoms with Gasteiger partial charge in [-0.25, -0.2) is 8.42 Å². The van der Waals surface area contributed by atoms with Gasteiger partial charge in [0.25, 0.3) is 11.5 Å². The third-order valence-corrected chi connectivity index (χ3v) is 5.85. The van der Waals surface area contributed by atoms with Crippen molar-refractivity contribution in [1.29, 1.82) is 0 Å². The molecule has 9 heteroatoms. The molecular formula is C25H29N3O5S. The Morgan fingerprint density at radius 2 is 1.76 bits per heavy atom. The van der Waals surface area contributed by atoms with Crippen LogP contribution in [0.4, 0.5) is 11.4 Å². The van der Waals surface area contributed by atoms with E-state index in [2.05, 4.69) is 15.0 Å². The summed E-state index contributed by atoms with van der Waals surface area (Å²) < 4.78 is 31.2. The fourth-order valence-corrected chi connectivity index (χ4v) is 4.25. The molecule has 0 saturated heterocycles. The van der Waals surface area contributed by atoms with Crippen molar-refractivity contribution in [2.24, 2.45) is 0 Å². The molecule has 1 aromatic heterocycles. The van der Waals surface area contributed by atoms with E-state index in [9.17, 15) is 18.0 Å². The van der Waals surface area contributed by atoms with Crippen LogP contribution in [0.15, 0.2) is 53.5 Å². The first kappa shape index (κ1) is 25.0. The number of ether oxygens (including phenoxy) is 1. The number of anilines is 2. The predicted octanol–water partition coefficient (Wildman–Crippen LogP) is 4.28. The van der Waals surface area contributed by atoms with Gasteiger partial charge in [0.1, 0.15) is 5.75 Å². The number of hydrogen-bond donors (Lipinski definition) is 3. The maximum absolute atomic E-state index is 13.1. The number of carbonyl (C=O) groups is 1. The first-order valence-corrected chi connectivity index (χ1v) is 12.5. The fraction of sp³-hybridized carbons (Fsp3) is 0.280. The second-order valence-corrected chi connectivity index (χ2v) is 10.9. The number of sulfonamides is 1. The standard InChI is InChI=1S/C25H29N3O5S/c1-15-12-16(9-10-20(15)28-34(6,31)32)23(29)27-21-14-17(18-8-7-11-26-24(18)30)13-19(22(21)33-5)25(2,3)4/h7-14,28H,1-6H3,(H,26,30)(H,27,29). The summed E-state index contributed by atoms with van der Waals surface area (Å²) in [5, 5.41) is 2.90. The minimum atomic E-state index is -3.44. The second kappa shape index (κ2) is 9.34. The molecule has 8 nitrogen and oxygen atoms in total. The number of H-pyrrole nitrogens is 1. The average Bonchev–Trinajstić information content (AvgIpc) is 2.73. The highest BCUT2D eigenvalue weighted by molar-refractivity contribution is 7.92. The molecule has 0 spiro atoms. The van der Waals surface area contributed by atoms with Gasteiger partial charge >= 0.3 is 0 Å². The number of benzene rings is 2. The molecule has 0 aliphatic rings. The van der Waals surface area contributed by atoms with Crippen LogP contribution in [0.2, 0.25) is 0 Å². The van der Waals surface area contributed by atoms with Crippen molar-refractivity contribution in [2.45, 2.75) is 33.1 Å². The minimum Gasteiger partial charge on any atom is -0.494 e. The summed E-state index contributed by atoms with van der Waals surface area (Å²) >= 11 is 0. The Morgan fingerprint density at radius 1 is 1.06 bits per heavy atom.